The molecule has 0 saturated carbocycles. The van der Waals surface area contributed by atoms with Crippen molar-refractivity contribution >= 4 is 0 Å². The van der Waals surface area contributed by atoms with Crippen LogP contribution in [0, 0.1) is 0 Å². The smallest absolute Gasteiger partial charge is 1.00 e. The van der Waals surface area contributed by atoms with Gasteiger partial charge in [-0.2, -0.15) is 0 Å². The van der Waals surface area contributed by atoms with E-state index in [4.69, 9.17) is 34.4 Å². The Hall–Kier alpha value is 2.46. The van der Waals surface area contributed by atoms with E-state index < -0.39 is 0 Å². The van der Waals surface area contributed by atoms with E-state index in [1.807, 2.05) is 0 Å². The van der Waals surface area contributed by atoms with Gasteiger partial charge in [-0.05, 0) is 0 Å². The van der Waals surface area contributed by atoms with Gasteiger partial charge in [0, 0.05) is 38.3 Å². The Bertz CT molecular complexity index is 76.7. The number of halogens is 3. The first-order valence-electron chi connectivity index (χ1n) is 3.93. The van der Waals surface area contributed by atoms with Gasteiger partial charge in [0.25, 0.3) is 0 Å². The number of hydrogen-bond acceptors (Lipinski definition) is 6. The number of nitrogens with two attached hydrogens (primary N) is 6. The number of rotatable bonds is 4. The summed E-state index contributed by atoms with van der Waals surface area (Å²) in [7, 11) is 0. The third-order valence-corrected chi connectivity index (χ3v) is 1.21. The van der Waals surface area contributed by atoms with Gasteiger partial charge in [0.05, 0.1) is 0 Å². The van der Waals surface area contributed by atoms with Crippen molar-refractivity contribution in [3.63, 3.8) is 0 Å². The van der Waals surface area contributed by atoms with Crippen molar-refractivity contribution in [2.75, 3.05) is 26.2 Å². The number of hydrogen-bond donors (Lipinski definition) is 6. The quantitative estimate of drug-likeness (QED) is 0.172. The van der Waals surface area contributed by atoms with Crippen LogP contribution in [0.2, 0.25) is 0 Å². The Morgan fingerprint density at radius 1 is 0.562 bits per heavy atom. The van der Waals surface area contributed by atoms with E-state index in [1.54, 1.807) is 0 Å². The molecule has 0 spiro atoms. The van der Waals surface area contributed by atoms with Crippen molar-refractivity contribution < 1.29 is 88.7 Å². The van der Waals surface area contributed by atoms with Crippen LogP contribution in [-0.2, 0) is 16.8 Å². The van der Waals surface area contributed by atoms with E-state index in [2.05, 4.69) is 0 Å². The molecule has 0 unspecified atom stereocenters. The summed E-state index contributed by atoms with van der Waals surface area (Å²) in [5, 5.41) is 0. The summed E-state index contributed by atoms with van der Waals surface area (Å²) in [6.07, 6.45) is 0. The zero-order chi connectivity index (χ0) is 9.98. The molecule has 0 aromatic rings. The predicted octanol–water partition coefficient (Wildman–Crippen LogP) is -12.5. The molecule has 0 radical (unpaired) electrons. The zero-order valence-corrected chi connectivity index (χ0v) is 16.4. The average molecular weight is 618 g/mol. The van der Waals surface area contributed by atoms with Crippen LogP contribution >= 0.6 is 0 Å². The van der Waals surface area contributed by atoms with Crippen LogP contribution < -0.4 is 106 Å². The van der Waals surface area contributed by atoms with Crippen LogP contribution in [0.15, 0.2) is 0 Å². The van der Waals surface area contributed by atoms with Crippen molar-refractivity contribution in [3.8, 4) is 0 Å². The molecule has 0 aliphatic carbocycles. The molecule has 0 aromatic heterocycles. The van der Waals surface area contributed by atoms with Crippen LogP contribution in [0.1, 0.15) is 0 Å². The van der Waals surface area contributed by atoms with Gasteiger partial charge in [-0.15, -0.1) is 0 Å². The van der Waals surface area contributed by atoms with Gasteiger partial charge in [0.15, 0.2) is 0 Å². The second kappa shape index (κ2) is 30.5. The molecule has 16 heavy (non-hydrogen) atoms. The molecular weight excluding hydrogens is 596 g/mol. The second-order valence-corrected chi connectivity index (χ2v) is 2.46. The predicted molar refractivity (Wildman–Crippen MR) is 52.2 cm³/mol. The van der Waals surface area contributed by atoms with E-state index in [1.165, 1.54) is 0 Å². The van der Waals surface area contributed by atoms with Crippen molar-refractivity contribution in [3.05, 3.63) is 0 Å². The topological polar surface area (TPSA) is 156 Å². The molecule has 12 N–H and O–H groups in total. The van der Waals surface area contributed by atoms with E-state index >= 15 is 0 Å². The summed E-state index contributed by atoms with van der Waals surface area (Å²) in [5.74, 6) is 0. The van der Waals surface area contributed by atoms with Crippen LogP contribution in [0.25, 0.3) is 0 Å². The van der Waals surface area contributed by atoms with E-state index in [9.17, 15) is 0 Å². The summed E-state index contributed by atoms with van der Waals surface area (Å²) in [4.78, 5) is 0. The Morgan fingerprint density at radius 3 is 0.688 bits per heavy atom. The first-order valence-corrected chi connectivity index (χ1v) is 3.93. The second-order valence-electron chi connectivity index (χ2n) is 2.46. The molecule has 106 valence electrons. The maximum absolute atomic E-state index is 5.22. The Kier molecular flexibility index (Phi) is 69.0. The fourth-order valence-corrected chi connectivity index (χ4v) is 0.192. The van der Waals surface area contributed by atoms with E-state index in [-0.39, 0.29) is 101 Å². The van der Waals surface area contributed by atoms with Crippen LogP contribution in [-0.4, -0.2) is 38.3 Å². The van der Waals surface area contributed by atoms with Gasteiger partial charge < -0.3 is 106 Å². The third kappa shape index (κ3) is 36.0. The van der Waals surface area contributed by atoms with Crippen molar-refractivity contribution in [2.45, 2.75) is 12.1 Å². The molecule has 0 amide bonds. The fourth-order valence-electron chi connectivity index (χ4n) is 0.192. The monoisotopic (exact) mass is 618 g/mol. The molecule has 0 heterocycles. The first-order chi connectivity index (χ1) is 5.62. The maximum Gasteiger partial charge on any atom is 3.00 e. The molecule has 0 bridgehead atoms. The summed E-state index contributed by atoms with van der Waals surface area (Å²) >= 11 is 0. The summed E-state index contributed by atoms with van der Waals surface area (Å²) in [5.41, 5.74) is 30.8. The van der Waals surface area contributed by atoms with Gasteiger partial charge in [-0.25, -0.2) is 0 Å². The average Bonchev–Trinajstić information content (AvgIpc) is 2.16. The van der Waals surface area contributed by atoms with Gasteiger partial charge >= 0.3 is 16.8 Å². The normalized spacial score (nSPS) is 7.50. The van der Waals surface area contributed by atoms with Gasteiger partial charge in [0.1, 0.15) is 0 Å². The molecule has 10 heteroatoms. The standard InChI is InChI=1S/2C3H11N3.Co.3HI/c2*4-1-3(6)2-5;;;;/h2*3H,1-2,4-6H2;;3*1H/q;;+3;;;/p-3. The van der Waals surface area contributed by atoms with Crippen LogP contribution in [0.4, 0.5) is 0 Å². The maximum atomic E-state index is 5.22. The Morgan fingerprint density at radius 2 is 0.688 bits per heavy atom. The SMILES string of the molecule is NCC(N)CN.NCC(N)CN.[Co+3].[I-].[I-].[I-]. The Balaban J connectivity index is -0.0000000250. The molecule has 0 saturated heterocycles. The van der Waals surface area contributed by atoms with Gasteiger partial charge in [-0.3, -0.25) is 0 Å². The zero-order valence-electron chi connectivity index (χ0n) is 8.91. The molecule has 0 aliphatic rings. The van der Waals surface area contributed by atoms with E-state index in [0.717, 1.165) is 0 Å². The molecule has 0 rings (SSSR count). The minimum Gasteiger partial charge on any atom is -1.00 e. The molecular formula is C6H22CoI3N6. The minimum atomic E-state index is -0.00926. The molecule has 0 aromatic carbocycles. The van der Waals surface area contributed by atoms with E-state index in [0.29, 0.717) is 26.2 Å². The molecule has 0 aliphatic heterocycles. The van der Waals surface area contributed by atoms with Crippen LogP contribution in [0.3, 0.4) is 0 Å². The largest absolute Gasteiger partial charge is 3.00 e. The first kappa shape index (κ1) is 36.2. The third-order valence-electron chi connectivity index (χ3n) is 1.21. The Labute approximate surface area is 159 Å². The molecule has 6 nitrogen and oxygen atoms in total. The van der Waals surface area contributed by atoms with Crippen molar-refractivity contribution in [1.82, 2.24) is 0 Å². The summed E-state index contributed by atoms with van der Waals surface area (Å²) in [6.45, 7) is 1.93. The minimum absolute atomic E-state index is 0. The fraction of sp³-hybridized carbons (Fsp3) is 1.00. The molecule has 0 fully saturated rings. The molecule has 0 atom stereocenters. The van der Waals surface area contributed by atoms with Crippen LogP contribution in [0.5, 0.6) is 0 Å². The summed E-state index contributed by atoms with van der Waals surface area (Å²) in [6, 6.07) is -0.0185. The van der Waals surface area contributed by atoms with Crippen molar-refractivity contribution in [1.29, 1.82) is 0 Å². The van der Waals surface area contributed by atoms with Gasteiger partial charge in [0.2, 0.25) is 0 Å². The summed E-state index contributed by atoms with van der Waals surface area (Å²) < 4.78 is 0. The van der Waals surface area contributed by atoms with Gasteiger partial charge in [-0.1, -0.05) is 0 Å². The van der Waals surface area contributed by atoms with Crippen molar-refractivity contribution in [2.24, 2.45) is 34.4 Å².